The van der Waals surface area contributed by atoms with Gasteiger partial charge in [-0.2, -0.15) is 0 Å². The van der Waals surface area contributed by atoms with Crippen molar-refractivity contribution in [3.8, 4) is 5.75 Å². The molecule has 94 valence electrons. The van der Waals surface area contributed by atoms with Crippen molar-refractivity contribution >= 4 is 0 Å². The van der Waals surface area contributed by atoms with Gasteiger partial charge in [0.2, 0.25) is 0 Å². The smallest absolute Gasteiger partial charge is 0.119 e. The summed E-state index contributed by atoms with van der Waals surface area (Å²) >= 11 is 0. The summed E-state index contributed by atoms with van der Waals surface area (Å²) in [5.74, 6) is 0.903. The minimum atomic E-state index is 0. The Morgan fingerprint density at radius 3 is 2.25 bits per heavy atom. The molecule has 16 heavy (non-hydrogen) atoms. The number of para-hydroxylation sites is 1. The zero-order valence-corrected chi connectivity index (χ0v) is 8.90. The number of hydrogen-bond acceptors (Lipinski definition) is 2. The molecule has 1 aromatic rings. The summed E-state index contributed by atoms with van der Waals surface area (Å²) in [5.41, 5.74) is 0. The molecule has 2 heteroatoms. The van der Waals surface area contributed by atoms with Gasteiger partial charge in [0.25, 0.3) is 0 Å². The van der Waals surface area contributed by atoms with Gasteiger partial charge in [-0.05, 0) is 25.5 Å². The summed E-state index contributed by atoms with van der Waals surface area (Å²) in [6.45, 7) is 5.46. The molecule has 0 N–H and O–H groups in total. The van der Waals surface area contributed by atoms with Crippen LogP contribution >= 0.6 is 0 Å². The average molecular weight is 226 g/mol. The fourth-order valence-corrected chi connectivity index (χ4v) is 1.04. The monoisotopic (exact) mass is 226 g/mol. The Balaban J connectivity index is 0. The zero-order valence-electron chi connectivity index (χ0n) is 8.90. The van der Waals surface area contributed by atoms with E-state index in [0.717, 1.165) is 12.2 Å². The van der Waals surface area contributed by atoms with Crippen LogP contribution in [0, 0.1) is 0 Å². The third kappa shape index (κ3) is 7.30. The predicted octanol–water partition coefficient (Wildman–Crippen LogP) is 4.15. The Morgan fingerprint density at radius 2 is 1.69 bits per heavy atom. The Labute approximate surface area is 101 Å². The maximum atomic E-state index is 5.49. The summed E-state index contributed by atoms with van der Waals surface area (Å²) in [7, 11) is 0. The molecule has 1 aromatic carbocycles. The van der Waals surface area contributed by atoms with E-state index in [0.29, 0.717) is 19.3 Å². The molecule has 2 nitrogen and oxygen atoms in total. The molecule has 1 unspecified atom stereocenters. The van der Waals surface area contributed by atoms with Crippen molar-refractivity contribution in [2.45, 2.75) is 41.2 Å². The molecule has 0 radical (unpaired) electrons. The zero-order chi connectivity index (χ0) is 10.2. The van der Waals surface area contributed by atoms with Gasteiger partial charge in [-0.1, -0.05) is 40.0 Å². The lowest BCUT2D eigenvalue weighted by atomic mass is 10.3. The van der Waals surface area contributed by atoms with Gasteiger partial charge in [0.15, 0.2) is 0 Å². The van der Waals surface area contributed by atoms with Crippen molar-refractivity contribution in [2.75, 3.05) is 13.2 Å². The SMILES string of the molecule is C.C.CCC(C)OCCOc1ccccc1. The van der Waals surface area contributed by atoms with Gasteiger partial charge in [0.1, 0.15) is 12.4 Å². The van der Waals surface area contributed by atoms with Gasteiger partial charge in [-0.15, -0.1) is 0 Å². The van der Waals surface area contributed by atoms with Gasteiger partial charge in [0.05, 0.1) is 12.7 Å². The first-order chi connectivity index (χ1) is 6.83. The lowest BCUT2D eigenvalue weighted by Gasteiger charge is -2.11. The normalized spacial score (nSPS) is 10.9. The number of rotatable bonds is 6. The fraction of sp³-hybridized carbons (Fsp3) is 0.571. The second-order valence-electron chi connectivity index (χ2n) is 3.25. The van der Waals surface area contributed by atoms with E-state index in [2.05, 4.69) is 13.8 Å². The highest BCUT2D eigenvalue weighted by Gasteiger charge is 1.97. The molecule has 1 atom stereocenters. The van der Waals surface area contributed by atoms with Crippen molar-refractivity contribution in [3.05, 3.63) is 30.3 Å². The van der Waals surface area contributed by atoms with E-state index in [4.69, 9.17) is 9.47 Å². The van der Waals surface area contributed by atoms with E-state index in [1.807, 2.05) is 30.3 Å². The Bertz CT molecular complexity index is 234. The summed E-state index contributed by atoms with van der Waals surface area (Å²) in [4.78, 5) is 0. The molecule has 0 aliphatic carbocycles. The second-order valence-corrected chi connectivity index (χ2v) is 3.25. The summed E-state index contributed by atoms with van der Waals surface area (Å²) in [5, 5.41) is 0. The fourth-order valence-electron chi connectivity index (χ4n) is 1.04. The standard InChI is InChI=1S/C12H18O2.2CH4/c1-3-11(2)13-9-10-14-12-7-5-4-6-8-12;;/h4-8,11H,3,9-10H2,1-2H3;2*1H4. The molecule has 0 bridgehead atoms. The molecule has 0 heterocycles. The lowest BCUT2D eigenvalue weighted by molar-refractivity contribution is 0.0427. The van der Waals surface area contributed by atoms with E-state index in [9.17, 15) is 0 Å². The van der Waals surface area contributed by atoms with Crippen LogP contribution in [-0.2, 0) is 4.74 Å². The number of benzene rings is 1. The van der Waals surface area contributed by atoms with Crippen molar-refractivity contribution < 1.29 is 9.47 Å². The van der Waals surface area contributed by atoms with Crippen LogP contribution in [0.3, 0.4) is 0 Å². The molecular formula is C14H26O2. The van der Waals surface area contributed by atoms with E-state index in [-0.39, 0.29) is 14.9 Å². The van der Waals surface area contributed by atoms with E-state index in [1.54, 1.807) is 0 Å². The minimum Gasteiger partial charge on any atom is -0.491 e. The molecule has 1 rings (SSSR count). The van der Waals surface area contributed by atoms with Crippen LogP contribution in [0.2, 0.25) is 0 Å². The maximum Gasteiger partial charge on any atom is 0.119 e. The van der Waals surface area contributed by atoms with Gasteiger partial charge in [0, 0.05) is 0 Å². The van der Waals surface area contributed by atoms with E-state index in [1.165, 1.54) is 0 Å². The van der Waals surface area contributed by atoms with Crippen LogP contribution in [0.15, 0.2) is 30.3 Å². The highest BCUT2D eigenvalue weighted by molar-refractivity contribution is 5.20. The Kier molecular flexibility index (Phi) is 11.4. The third-order valence-electron chi connectivity index (χ3n) is 2.07. The van der Waals surface area contributed by atoms with Crippen LogP contribution in [-0.4, -0.2) is 19.3 Å². The summed E-state index contributed by atoms with van der Waals surface area (Å²) in [6.07, 6.45) is 1.38. The first-order valence-electron chi connectivity index (χ1n) is 5.12. The highest BCUT2D eigenvalue weighted by Crippen LogP contribution is 2.07. The van der Waals surface area contributed by atoms with Gasteiger partial charge >= 0.3 is 0 Å². The second kappa shape index (κ2) is 10.5. The first kappa shape index (κ1) is 17.4. The number of ether oxygens (including phenoxy) is 2. The molecule has 0 amide bonds. The van der Waals surface area contributed by atoms with Crippen molar-refractivity contribution in [2.24, 2.45) is 0 Å². The minimum absolute atomic E-state index is 0. The topological polar surface area (TPSA) is 18.5 Å². The van der Waals surface area contributed by atoms with Crippen LogP contribution in [0.25, 0.3) is 0 Å². The molecule has 0 aromatic heterocycles. The van der Waals surface area contributed by atoms with Crippen LogP contribution in [0.5, 0.6) is 5.75 Å². The molecule has 0 aliphatic heterocycles. The molecular weight excluding hydrogens is 200 g/mol. The Morgan fingerprint density at radius 1 is 1.06 bits per heavy atom. The molecule has 0 aliphatic rings. The molecule has 0 saturated carbocycles. The van der Waals surface area contributed by atoms with Crippen molar-refractivity contribution in [1.82, 2.24) is 0 Å². The van der Waals surface area contributed by atoms with Gasteiger partial charge in [-0.25, -0.2) is 0 Å². The van der Waals surface area contributed by atoms with Crippen LogP contribution in [0.4, 0.5) is 0 Å². The summed E-state index contributed by atoms with van der Waals surface area (Å²) < 4.78 is 11.0. The third-order valence-corrected chi connectivity index (χ3v) is 2.07. The molecule has 0 fully saturated rings. The average Bonchev–Trinajstić information content (AvgIpc) is 2.25. The van der Waals surface area contributed by atoms with Crippen LogP contribution < -0.4 is 4.74 Å². The maximum absolute atomic E-state index is 5.49. The Hall–Kier alpha value is -1.02. The van der Waals surface area contributed by atoms with Gasteiger partial charge < -0.3 is 9.47 Å². The van der Waals surface area contributed by atoms with Gasteiger partial charge in [-0.3, -0.25) is 0 Å². The summed E-state index contributed by atoms with van der Waals surface area (Å²) in [6, 6.07) is 9.80. The predicted molar refractivity (Wildman–Crippen MR) is 71.1 cm³/mol. The largest absolute Gasteiger partial charge is 0.491 e. The van der Waals surface area contributed by atoms with Crippen molar-refractivity contribution in [1.29, 1.82) is 0 Å². The van der Waals surface area contributed by atoms with Crippen molar-refractivity contribution in [3.63, 3.8) is 0 Å². The number of hydrogen-bond donors (Lipinski definition) is 0. The van der Waals surface area contributed by atoms with E-state index < -0.39 is 0 Å². The lowest BCUT2D eigenvalue weighted by Crippen LogP contribution is -2.13. The first-order valence-corrected chi connectivity index (χ1v) is 5.12. The molecule has 0 spiro atoms. The van der Waals surface area contributed by atoms with E-state index >= 15 is 0 Å². The highest BCUT2D eigenvalue weighted by atomic mass is 16.5. The molecule has 0 saturated heterocycles. The quantitative estimate of drug-likeness (QED) is 0.678. The van der Waals surface area contributed by atoms with Crippen LogP contribution in [0.1, 0.15) is 35.1 Å².